The molecular weight excluding hydrogens is 366 g/mol. The molecule has 1 aliphatic rings. The van der Waals surface area contributed by atoms with Gasteiger partial charge in [0.1, 0.15) is 12.3 Å². The molecule has 1 aromatic heterocycles. The lowest BCUT2D eigenvalue weighted by Crippen LogP contribution is -2.39. The highest BCUT2D eigenvalue weighted by atomic mass is 16.5. The predicted molar refractivity (Wildman–Crippen MR) is 112 cm³/mol. The van der Waals surface area contributed by atoms with Gasteiger partial charge < -0.3 is 9.64 Å². The van der Waals surface area contributed by atoms with E-state index in [2.05, 4.69) is 4.98 Å². The molecule has 0 spiro atoms. The van der Waals surface area contributed by atoms with Crippen LogP contribution in [0.3, 0.4) is 0 Å². The van der Waals surface area contributed by atoms with Crippen LogP contribution in [0, 0.1) is 0 Å². The largest absolute Gasteiger partial charge is 0.494 e. The summed E-state index contributed by atoms with van der Waals surface area (Å²) in [4.78, 5) is 31.7. The van der Waals surface area contributed by atoms with E-state index in [1.165, 1.54) is 17.0 Å². The fourth-order valence-corrected chi connectivity index (χ4v) is 3.76. The number of benzene rings is 2. The van der Waals surface area contributed by atoms with Crippen LogP contribution < -0.4 is 15.2 Å². The number of amides is 1. The van der Waals surface area contributed by atoms with Crippen molar-refractivity contribution in [2.24, 2.45) is 0 Å². The molecule has 0 bridgehead atoms. The van der Waals surface area contributed by atoms with Crippen LogP contribution in [-0.4, -0.2) is 28.1 Å². The molecule has 1 amide bonds. The normalized spacial score (nSPS) is 15.2. The number of carbonyl (C=O) groups is 1. The molecule has 1 atom stereocenters. The third-order valence-corrected chi connectivity index (χ3v) is 5.12. The summed E-state index contributed by atoms with van der Waals surface area (Å²) in [6.07, 6.45) is 2.27. The lowest BCUT2D eigenvalue weighted by Gasteiger charge is -2.23. The highest BCUT2D eigenvalue weighted by Crippen LogP contribution is 2.31. The van der Waals surface area contributed by atoms with Crippen molar-refractivity contribution in [3.63, 3.8) is 0 Å². The van der Waals surface area contributed by atoms with E-state index in [-0.39, 0.29) is 24.1 Å². The van der Waals surface area contributed by atoms with Crippen molar-refractivity contribution >= 4 is 11.6 Å². The zero-order valence-corrected chi connectivity index (χ0v) is 16.5. The van der Waals surface area contributed by atoms with Crippen molar-refractivity contribution in [2.45, 2.75) is 32.9 Å². The highest BCUT2D eigenvalue weighted by molar-refractivity contribution is 5.96. The van der Waals surface area contributed by atoms with E-state index in [0.29, 0.717) is 12.3 Å². The second-order valence-corrected chi connectivity index (χ2v) is 7.14. The zero-order chi connectivity index (χ0) is 20.4. The first-order chi connectivity index (χ1) is 14.1. The van der Waals surface area contributed by atoms with Gasteiger partial charge in [0, 0.05) is 23.4 Å². The van der Waals surface area contributed by atoms with Crippen molar-refractivity contribution in [3.8, 4) is 17.0 Å². The number of ether oxygens (including phenoxy) is 1. The van der Waals surface area contributed by atoms with Crippen molar-refractivity contribution in [2.75, 3.05) is 11.5 Å². The molecule has 0 saturated carbocycles. The Hall–Kier alpha value is -3.41. The summed E-state index contributed by atoms with van der Waals surface area (Å²) in [6.45, 7) is 4.52. The monoisotopic (exact) mass is 389 g/mol. The molecule has 2 aromatic carbocycles. The molecule has 0 N–H and O–H groups in total. The van der Waals surface area contributed by atoms with E-state index in [1.807, 2.05) is 62.4 Å². The fourth-order valence-electron chi connectivity index (χ4n) is 3.76. The summed E-state index contributed by atoms with van der Waals surface area (Å²) in [5.74, 6) is 0.662. The van der Waals surface area contributed by atoms with E-state index in [1.54, 1.807) is 4.90 Å². The minimum atomic E-state index is -0.252. The summed E-state index contributed by atoms with van der Waals surface area (Å²) in [5.41, 5.74) is 3.23. The molecule has 6 heteroatoms. The molecule has 29 heavy (non-hydrogen) atoms. The van der Waals surface area contributed by atoms with Crippen LogP contribution in [-0.2, 0) is 17.8 Å². The molecule has 6 nitrogen and oxygen atoms in total. The van der Waals surface area contributed by atoms with Crippen molar-refractivity contribution in [3.05, 3.63) is 76.8 Å². The first-order valence-electron chi connectivity index (χ1n) is 9.76. The molecule has 0 radical (unpaired) electrons. The summed E-state index contributed by atoms with van der Waals surface area (Å²) in [6, 6.07) is 16.9. The Labute approximate surface area is 169 Å². The number of fused-ring (bicyclic) bond motifs is 1. The topological polar surface area (TPSA) is 64.4 Å². The Morgan fingerprint density at radius 1 is 1.17 bits per heavy atom. The van der Waals surface area contributed by atoms with Crippen LogP contribution >= 0.6 is 0 Å². The number of rotatable bonds is 5. The van der Waals surface area contributed by atoms with Gasteiger partial charge in [0.05, 0.1) is 18.6 Å². The number of hydrogen-bond donors (Lipinski definition) is 0. The molecule has 0 saturated heterocycles. The van der Waals surface area contributed by atoms with Crippen molar-refractivity contribution < 1.29 is 9.53 Å². The summed E-state index contributed by atoms with van der Waals surface area (Å²) < 4.78 is 6.79. The first-order valence-corrected chi connectivity index (χ1v) is 9.76. The maximum absolute atomic E-state index is 12.9. The van der Waals surface area contributed by atoms with Gasteiger partial charge in [-0.1, -0.05) is 18.2 Å². The molecular formula is C23H23N3O3. The average Bonchev–Trinajstić information content (AvgIpc) is 3.06. The smallest absolute Gasteiger partial charge is 0.254 e. The molecule has 4 rings (SSSR count). The Morgan fingerprint density at radius 2 is 1.93 bits per heavy atom. The third kappa shape index (κ3) is 3.78. The maximum Gasteiger partial charge on any atom is 0.254 e. The van der Waals surface area contributed by atoms with Gasteiger partial charge in [-0.05, 0) is 56.2 Å². The number of nitrogens with zero attached hydrogens (tertiary/aromatic N) is 3. The Bertz CT molecular complexity index is 1090. The van der Waals surface area contributed by atoms with Crippen LogP contribution in [0.1, 0.15) is 19.4 Å². The number of aromatic nitrogens is 2. The summed E-state index contributed by atoms with van der Waals surface area (Å²) >= 11 is 0. The Balaban J connectivity index is 1.53. The van der Waals surface area contributed by atoms with E-state index in [0.717, 1.165) is 29.0 Å². The summed E-state index contributed by atoms with van der Waals surface area (Å²) in [7, 11) is 0. The predicted octanol–water partition coefficient (Wildman–Crippen LogP) is 3.29. The van der Waals surface area contributed by atoms with E-state index in [4.69, 9.17) is 4.74 Å². The Kier molecular flexibility index (Phi) is 5.16. The van der Waals surface area contributed by atoms with Crippen molar-refractivity contribution in [1.29, 1.82) is 0 Å². The minimum absolute atomic E-state index is 0.0337. The zero-order valence-electron chi connectivity index (χ0n) is 16.5. The number of carbonyl (C=O) groups excluding carboxylic acids is 1. The van der Waals surface area contributed by atoms with Gasteiger partial charge in [-0.2, -0.15) is 0 Å². The van der Waals surface area contributed by atoms with Crippen molar-refractivity contribution in [1.82, 2.24) is 9.55 Å². The standard InChI is InChI=1S/C23H23N3O3/c1-3-29-19-10-8-17(9-11-19)20-13-22(27)25(15-24-20)14-23(28)26-16(2)12-18-6-4-5-7-21(18)26/h4-11,13,15-16H,3,12,14H2,1-2H3/t16-/m1/s1. The average molecular weight is 389 g/mol. The van der Waals surface area contributed by atoms with Crippen LogP contribution in [0.15, 0.2) is 65.7 Å². The van der Waals surface area contributed by atoms with Gasteiger partial charge in [-0.15, -0.1) is 0 Å². The van der Waals surface area contributed by atoms with Crippen LogP contribution in [0.25, 0.3) is 11.3 Å². The maximum atomic E-state index is 12.9. The highest BCUT2D eigenvalue weighted by Gasteiger charge is 2.30. The van der Waals surface area contributed by atoms with Crippen LogP contribution in [0.4, 0.5) is 5.69 Å². The lowest BCUT2D eigenvalue weighted by molar-refractivity contribution is -0.119. The van der Waals surface area contributed by atoms with Gasteiger partial charge in [0.2, 0.25) is 5.91 Å². The molecule has 148 valence electrons. The number of para-hydroxylation sites is 1. The van der Waals surface area contributed by atoms with Gasteiger partial charge in [-0.3, -0.25) is 14.2 Å². The lowest BCUT2D eigenvalue weighted by atomic mass is 10.1. The van der Waals surface area contributed by atoms with Gasteiger partial charge >= 0.3 is 0 Å². The molecule has 0 fully saturated rings. The SMILES string of the molecule is CCOc1ccc(-c2cc(=O)n(CC(=O)N3c4ccccc4C[C@H]3C)cn2)cc1. The molecule has 0 unspecified atom stereocenters. The third-order valence-electron chi connectivity index (χ3n) is 5.12. The van der Waals surface area contributed by atoms with Gasteiger partial charge in [0.25, 0.3) is 5.56 Å². The quantitative estimate of drug-likeness (QED) is 0.672. The van der Waals surface area contributed by atoms with Crippen LogP contribution in [0.5, 0.6) is 5.75 Å². The summed E-state index contributed by atoms with van der Waals surface area (Å²) in [5, 5.41) is 0. The van der Waals surface area contributed by atoms with Gasteiger partial charge in [0.15, 0.2) is 0 Å². The van der Waals surface area contributed by atoms with E-state index in [9.17, 15) is 9.59 Å². The van der Waals surface area contributed by atoms with E-state index < -0.39 is 0 Å². The minimum Gasteiger partial charge on any atom is -0.494 e. The second kappa shape index (κ2) is 7.91. The molecule has 3 aromatic rings. The fraction of sp³-hybridized carbons (Fsp3) is 0.261. The first kappa shape index (κ1) is 18.9. The molecule has 0 aliphatic carbocycles. The van der Waals surface area contributed by atoms with Crippen LogP contribution in [0.2, 0.25) is 0 Å². The number of anilines is 1. The molecule has 2 heterocycles. The molecule has 1 aliphatic heterocycles. The second-order valence-electron chi connectivity index (χ2n) is 7.14. The van der Waals surface area contributed by atoms with E-state index >= 15 is 0 Å². The number of hydrogen-bond acceptors (Lipinski definition) is 4. The van der Waals surface area contributed by atoms with Gasteiger partial charge in [-0.25, -0.2) is 4.98 Å². The Morgan fingerprint density at radius 3 is 2.66 bits per heavy atom.